The first-order valence-electron chi connectivity index (χ1n) is 11.9. The summed E-state index contributed by atoms with van der Waals surface area (Å²) in [5, 5.41) is 4.62. The second kappa shape index (κ2) is 8.99. The zero-order chi connectivity index (χ0) is 23.9. The second-order valence-electron chi connectivity index (χ2n) is 10.3. The van der Waals surface area contributed by atoms with Crippen molar-refractivity contribution in [2.75, 3.05) is 17.2 Å². The highest BCUT2D eigenvalue weighted by atomic mass is 35.5. The maximum atomic E-state index is 13.0. The normalized spacial score (nSPS) is 27.8. The molecule has 4 aliphatic rings. The summed E-state index contributed by atoms with van der Waals surface area (Å²) in [5.74, 6) is 3.40. The number of carbonyl (C=O) groups is 1. The number of benzene rings is 2. The Hall–Kier alpha value is -2.41. The number of urea groups is 1. The van der Waals surface area contributed by atoms with E-state index in [0.29, 0.717) is 11.1 Å². The smallest absolute Gasteiger partial charge is 0.417 e. The summed E-state index contributed by atoms with van der Waals surface area (Å²) in [4.78, 5) is 12.3. The number of amides is 2. The topological polar surface area (TPSA) is 50.4 Å². The van der Waals surface area contributed by atoms with Gasteiger partial charge in [0.1, 0.15) is 5.75 Å². The van der Waals surface area contributed by atoms with E-state index >= 15 is 0 Å². The molecule has 0 radical (unpaired) electrons. The van der Waals surface area contributed by atoms with Gasteiger partial charge in [0.2, 0.25) is 0 Å². The van der Waals surface area contributed by atoms with Gasteiger partial charge in [-0.15, -0.1) is 0 Å². The Morgan fingerprint density at radius 2 is 1.59 bits per heavy atom. The van der Waals surface area contributed by atoms with Crippen molar-refractivity contribution in [1.82, 2.24) is 0 Å². The van der Waals surface area contributed by atoms with E-state index in [1.165, 1.54) is 51.0 Å². The van der Waals surface area contributed by atoms with Gasteiger partial charge in [0.15, 0.2) is 0 Å². The van der Waals surface area contributed by atoms with Crippen LogP contribution in [0.1, 0.15) is 50.5 Å². The summed E-state index contributed by atoms with van der Waals surface area (Å²) in [7, 11) is 0. The molecule has 4 nitrogen and oxygen atoms in total. The van der Waals surface area contributed by atoms with E-state index in [4.69, 9.17) is 16.3 Å². The van der Waals surface area contributed by atoms with Crippen LogP contribution in [-0.2, 0) is 6.18 Å². The van der Waals surface area contributed by atoms with Gasteiger partial charge in [-0.1, -0.05) is 11.6 Å². The van der Waals surface area contributed by atoms with Gasteiger partial charge in [0.25, 0.3) is 0 Å². The minimum absolute atomic E-state index is 0.000484. The zero-order valence-electron chi connectivity index (χ0n) is 18.8. The molecule has 34 heavy (non-hydrogen) atoms. The Morgan fingerprint density at radius 1 is 0.971 bits per heavy atom. The summed E-state index contributed by atoms with van der Waals surface area (Å²) < 4.78 is 45.3. The molecule has 0 aliphatic heterocycles. The van der Waals surface area contributed by atoms with E-state index < -0.39 is 22.8 Å². The summed E-state index contributed by atoms with van der Waals surface area (Å²) in [6.45, 7) is 0.734. The first-order chi connectivity index (χ1) is 16.2. The number of hydrogen-bond acceptors (Lipinski definition) is 2. The minimum atomic E-state index is -4.60. The molecule has 0 aromatic heterocycles. The molecular formula is C26H28ClF3N2O2. The Kier molecular flexibility index (Phi) is 6.17. The van der Waals surface area contributed by atoms with E-state index in [9.17, 15) is 18.0 Å². The standard InChI is InChI=1S/C26H28ClF3N2O2/c27-23-6-3-20(12-22(23)26(28,29)30)32-24(33)31-19-1-4-21(5-2-19)34-15-25-8-7-16-9-17(13-25)11-18(10-16)14-25/h1-6,12,16-18H,7-11,13-15H2,(H2,31,32,33). The summed E-state index contributed by atoms with van der Waals surface area (Å²) in [6.07, 6.45) is 4.73. The molecule has 0 saturated heterocycles. The molecule has 4 aliphatic carbocycles. The lowest BCUT2D eigenvalue weighted by Crippen LogP contribution is -2.38. The number of rotatable bonds is 5. The van der Waals surface area contributed by atoms with Crippen molar-refractivity contribution in [3.63, 3.8) is 0 Å². The predicted molar refractivity (Wildman–Crippen MR) is 126 cm³/mol. The first-order valence-corrected chi connectivity index (χ1v) is 12.2. The van der Waals surface area contributed by atoms with Crippen molar-refractivity contribution in [3.05, 3.63) is 53.1 Å². The highest BCUT2D eigenvalue weighted by Crippen LogP contribution is 2.57. The second-order valence-corrected chi connectivity index (χ2v) is 10.7. The monoisotopic (exact) mass is 492 g/mol. The van der Waals surface area contributed by atoms with Crippen molar-refractivity contribution in [1.29, 1.82) is 0 Å². The lowest BCUT2D eigenvalue weighted by Gasteiger charge is -2.45. The number of hydrogen-bond donors (Lipinski definition) is 2. The molecule has 2 N–H and O–H groups in total. The van der Waals surface area contributed by atoms with Crippen LogP contribution in [-0.4, -0.2) is 12.6 Å². The molecule has 2 aromatic rings. The van der Waals surface area contributed by atoms with Crippen molar-refractivity contribution in [3.8, 4) is 5.75 Å². The van der Waals surface area contributed by atoms with Crippen LogP contribution in [0.4, 0.5) is 29.3 Å². The van der Waals surface area contributed by atoms with Crippen LogP contribution >= 0.6 is 11.6 Å². The lowest BCUT2D eigenvalue weighted by molar-refractivity contribution is -0.137. The van der Waals surface area contributed by atoms with Gasteiger partial charge < -0.3 is 15.4 Å². The van der Waals surface area contributed by atoms with Crippen LogP contribution in [0, 0.1) is 23.2 Å². The van der Waals surface area contributed by atoms with Gasteiger partial charge in [-0.25, -0.2) is 4.79 Å². The number of nitrogens with one attached hydrogen (secondary N) is 2. The van der Waals surface area contributed by atoms with Crippen LogP contribution in [0.5, 0.6) is 5.75 Å². The summed E-state index contributed by atoms with van der Waals surface area (Å²) in [5.41, 5.74) is -0.187. The molecule has 4 bridgehead atoms. The molecule has 2 amide bonds. The molecule has 2 aromatic carbocycles. The van der Waals surface area contributed by atoms with Crippen LogP contribution < -0.4 is 15.4 Å². The van der Waals surface area contributed by atoms with Crippen molar-refractivity contribution in [2.24, 2.45) is 23.2 Å². The summed E-state index contributed by atoms with van der Waals surface area (Å²) in [6, 6.07) is 9.67. The molecule has 8 heteroatoms. The van der Waals surface area contributed by atoms with Gasteiger partial charge in [-0.3, -0.25) is 0 Å². The lowest BCUT2D eigenvalue weighted by atomic mass is 9.62. The zero-order valence-corrected chi connectivity index (χ0v) is 19.5. The first kappa shape index (κ1) is 23.3. The highest BCUT2D eigenvalue weighted by Gasteiger charge is 2.47. The number of alkyl halides is 3. The molecule has 0 heterocycles. The van der Waals surface area contributed by atoms with E-state index in [2.05, 4.69) is 10.6 Å². The van der Waals surface area contributed by atoms with Crippen LogP contribution in [0.15, 0.2) is 42.5 Å². The average molecular weight is 493 g/mol. The maximum Gasteiger partial charge on any atom is 0.417 e. The third-order valence-electron chi connectivity index (χ3n) is 7.71. The molecular weight excluding hydrogens is 465 g/mol. The van der Waals surface area contributed by atoms with Gasteiger partial charge in [-0.05, 0) is 105 Å². The number of fused-ring (bicyclic) bond motifs is 1. The molecule has 2 atom stereocenters. The van der Waals surface area contributed by atoms with Gasteiger partial charge in [0, 0.05) is 16.8 Å². The SMILES string of the molecule is O=C(Nc1ccc(OCC23CCC4CC(CC(C4)C2)C3)cc1)Nc1ccc(Cl)c(C(F)(F)F)c1. The van der Waals surface area contributed by atoms with Crippen molar-refractivity contribution < 1.29 is 22.7 Å². The van der Waals surface area contributed by atoms with Gasteiger partial charge in [0.05, 0.1) is 17.2 Å². The van der Waals surface area contributed by atoms with Crippen LogP contribution in [0.2, 0.25) is 5.02 Å². The fraction of sp³-hybridized carbons (Fsp3) is 0.500. The van der Waals surface area contributed by atoms with Gasteiger partial charge >= 0.3 is 12.2 Å². The molecule has 4 saturated carbocycles. The predicted octanol–water partition coefficient (Wildman–Crippen LogP) is 7.99. The van der Waals surface area contributed by atoms with E-state index in [1.807, 2.05) is 12.1 Å². The van der Waals surface area contributed by atoms with E-state index in [0.717, 1.165) is 42.2 Å². The average Bonchev–Trinajstić information content (AvgIpc) is 2.97. The number of ether oxygens (including phenoxy) is 1. The molecule has 2 unspecified atom stereocenters. The fourth-order valence-electron chi connectivity index (χ4n) is 6.47. The Labute approximate surface area is 202 Å². The Bertz CT molecular complexity index is 1040. The maximum absolute atomic E-state index is 13.0. The van der Waals surface area contributed by atoms with Crippen LogP contribution in [0.25, 0.3) is 0 Å². The Balaban J connectivity index is 1.16. The van der Waals surface area contributed by atoms with Crippen molar-refractivity contribution >= 4 is 29.0 Å². The quantitative estimate of drug-likeness (QED) is 0.444. The fourth-order valence-corrected chi connectivity index (χ4v) is 6.69. The van der Waals surface area contributed by atoms with E-state index in [1.54, 1.807) is 12.1 Å². The number of anilines is 2. The van der Waals surface area contributed by atoms with Gasteiger partial charge in [-0.2, -0.15) is 13.2 Å². The third kappa shape index (κ3) is 5.14. The number of carbonyl (C=O) groups excluding carboxylic acids is 1. The molecule has 4 fully saturated rings. The molecule has 0 spiro atoms. The van der Waals surface area contributed by atoms with E-state index in [-0.39, 0.29) is 5.69 Å². The van der Waals surface area contributed by atoms with Crippen molar-refractivity contribution in [2.45, 2.75) is 51.1 Å². The molecule has 6 rings (SSSR count). The van der Waals surface area contributed by atoms with Crippen LogP contribution in [0.3, 0.4) is 0 Å². The molecule has 182 valence electrons. The number of halogens is 4. The summed E-state index contributed by atoms with van der Waals surface area (Å²) >= 11 is 5.62. The largest absolute Gasteiger partial charge is 0.493 e. The minimum Gasteiger partial charge on any atom is -0.493 e. The Morgan fingerprint density at radius 3 is 2.26 bits per heavy atom. The highest BCUT2D eigenvalue weighted by molar-refractivity contribution is 6.31. The third-order valence-corrected chi connectivity index (χ3v) is 8.04.